The van der Waals surface area contributed by atoms with Crippen molar-refractivity contribution in [2.24, 2.45) is 0 Å². The summed E-state index contributed by atoms with van der Waals surface area (Å²) in [6.45, 7) is 0.506. The van der Waals surface area contributed by atoms with Crippen LogP contribution >= 0.6 is 0 Å². The van der Waals surface area contributed by atoms with E-state index in [0.717, 1.165) is 29.0 Å². The van der Waals surface area contributed by atoms with Crippen molar-refractivity contribution in [3.05, 3.63) is 88.5 Å². The molecule has 35 heavy (non-hydrogen) atoms. The predicted octanol–water partition coefficient (Wildman–Crippen LogP) is 5.47. The van der Waals surface area contributed by atoms with E-state index in [-0.39, 0.29) is 11.8 Å². The molecule has 4 aromatic rings. The molecule has 3 heterocycles. The molecule has 0 saturated carbocycles. The maximum absolute atomic E-state index is 12.7. The Hall–Kier alpha value is -4.34. The first kappa shape index (κ1) is 22.5. The largest absolute Gasteiger partial charge is 0.497 e. The van der Waals surface area contributed by atoms with Gasteiger partial charge in [0.15, 0.2) is 0 Å². The van der Waals surface area contributed by atoms with Crippen LogP contribution in [-0.2, 0) is 19.1 Å². The van der Waals surface area contributed by atoms with Crippen molar-refractivity contribution in [2.75, 3.05) is 7.11 Å². The summed E-state index contributed by atoms with van der Waals surface area (Å²) >= 11 is 0. The lowest BCUT2D eigenvalue weighted by Crippen LogP contribution is -2.28. The number of methoxy groups -OCH3 is 1. The highest BCUT2D eigenvalue weighted by molar-refractivity contribution is 5.67. The van der Waals surface area contributed by atoms with Crippen LogP contribution in [0, 0.1) is 0 Å². The van der Waals surface area contributed by atoms with Crippen LogP contribution in [0.4, 0.5) is 13.2 Å². The highest BCUT2D eigenvalue weighted by atomic mass is 19.4. The van der Waals surface area contributed by atoms with Crippen molar-refractivity contribution in [2.45, 2.75) is 19.1 Å². The lowest BCUT2D eigenvalue weighted by atomic mass is 9.97. The Balaban J connectivity index is 1.34. The molecule has 0 spiro atoms. The quantitative estimate of drug-likeness (QED) is 0.376. The number of pyridine rings is 1. The molecule has 7 nitrogen and oxygen atoms in total. The Morgan fingerprint density at radius 1 is 0.886 bits per heavy atom. The summed E-state index contributed by atoms with van der Waals surface area (Å²) in [5.74, 6) is 1.67. The molecule has 0 saturated heterocycles. The summed E-state index contributed by atoms with van der Waals surface area (Å²) in [7, 11) is 1.61. The van der Waals surface area contributed by atoms with E-state index in [1.165, 1.54) is 0 Å². The Kier molecular flexibility index (Phi) is 5.64. The monoisotopic (exact) mass is 481 g/mol. The molecule has 0 aliphatic carbocycles. The van der Waals surface area contributed by atoms with Crippen LogP contribution in [0.15, 0.2) is 71.7 Å². The standard InChI is InChI=1S/C25H18F3N3O4/c1-33-19-7-8-20-15(12-19)10-11-31-21(20)13-23(30-24(31)32)35-18-5-3-17(4-6-18)34-22-9-2-16(14-29-22)25(26,27)28/h2-9,12-14H,10-11H2,1H3. The van der Waals surface area contributed by atoms with E-state index < -0.39 is 17.4 Å². The summed E-state index contributed by atoms with van der Waals surface area (Å²) in [5.41, 5.74) is 1.42. The number of aryl methyl sites for hydroxylation is 1. The smallest absolute Gasteiger partial charge is 0.417 e. The maximum atomic E-state index is 12.7. The van der Waals surface area contributed by atoms with Crippen LogP contribution < -0.4 is 19.9 Å². The second kappa shape index (κ2) is 8.79. The number of rotatable bonds is 5. The molecule has 178 valence electrons. The number of ether oxygens (including phenoxy) is 3. The minimum absolute atomic E-state index is 0.0198. The molecule has 0 radical (unpaired) electrons. The lowest BCUT2D eigenvalue weighted by molar-refractivity contribution is -0.137. The van der Waals surface area contributed by atoms with Gasteiger partial charge in [-0.2, -0.15) is 18.2 Å². The average molecular weight is 481 g/mol. The number of halogens is 3. The van der Waals surface area contributed by atoms with Crippen LogP contribution in [0.1, 0.15) is 11.1 Å². The first-order chi connectivity index (χ1) is 16.8. The molecule has 1 aliphatic heterocycles. The molecule has 5 rings (SSSR count). The Labute approximate surface area is 197 Å². The van der Waals surface area contributed by atoms with Crippen molar-refractivity contribution in [1.29, 1.82) is 0 Å². The summed E-state index contributed by atoms with van der Waals surface area (Å²) in [4.78, 5) is 20.3. The first-order valence-electron chi connectivity index (χ1n) is 10.6. The number of benzene rings is 2. The highest BCUT2D eigenvalue weighted by Crippen LogP contribution is 2.34. The SMILES string of the molecule is COc1ccc2c(c1)CCn1c-2cc(Oc2ccc(Oc3ccc(C(F)(F)F)cn3)cc2)nc1=O. The molecule has 0 fully saturated rings. The summed E-state index contributed by atoms with van der Waals surface area (Å²) in [6, 6.07) is 15.8. The second-order valence-electron chi connectivity index (χ2n) is 7.75. The fourth-order valence-electron chi connectivity index (χ4n) is 3.79. The molecule has 2 aromatic carbocycles. The lowest BCUT2D eigenvalue weighted by Gasteiger charge is -2.22. The molecular weight excluding hydrogens is 463 g/mol. The van der Waals surface area contributed by atoms with Crippen LogP contribution in [0.25, 0.3) is 11.3 Å². The van der Waals surface area contributed by atoms with Gasteiger partial charge in [0.1, 0.15) is 17.2 Å². The van der Waals surface area contributed by atoms with E-state index in [1.54, 1.807) is 42.0 Å². The second-order valence-corrected chi connectivity index (χ2v) is 7.75. The van der Waals surface area contributed by atoms with Crippen molar-refractivity contribution in [3.63, 3.8) is 0 Å². The van der Waals surface area contributed by atoms with E-state index in [1.807, 2.05) is 18.2 Å². The zero-order valence-corrected chi connectivity index (χ0v) is 18.4. The van der Waals surface area contributed by atoms with Gasteiger partial charge < -0.3 is 14.2 Å². The fourth-order valence-corrected chi connectivity index (χ4v) is 3.79. The van der Waals surface area contributed by atoms with E-state index in [2.05, 4.69) is 9.97 Å². The van der Waals surface area contributed by atoms with Crippen LogP contribution in [0.2, 0.25) is 0 Å². The Morgan fingerprint density at radius 3 is 2.20 bits per heavy atom. The number of fused-ring (bicyclic) bond motifs is 3. The summed E-state index contributed by atoms with van der Waals surface area (Å²) in [5, 5.41) is 0. The number of nitrogens with zero attached hydrogens (tertiary/aromatic N) is 3. The van der Waals surface area contributed by atoms with Crippen LogP contribution in [0.5, 0.6) is 29.0 Å². The van der Waals surface area contributed by atoms with Gasteiger partial charge in [-0.15, -0.1) is 0 Å². The minimum atomic E-state index is -4.47. The van der Waals surface area contributed by atoms with E-state index in [0.29, 0.717) is 36.4 Å². The third-order valence-corrected chi connectivity index (χ3v) is 5.51. The van der Waals surface area contributed by atoms with Crippen molar-refractivity contribution >= 4 is 0 Å². The van der Waals surface area contributed by atoms with E-state index >= 15 is 0 Å². The highest BCUT2D eigenvalue weighted by Gasteiger charge is 2.30. The number of aromatic nitrogens is 3. The minimum Gasteiger partial charge on any atom is -0.497 e. The molecule has 0 amide bonds. The van der Waals surface area contributed by atoms with E-state index in [9.17, 15) is 18.0 Å². The number of alkyl halides is 3. The number of hydrogen-bond donors (Lipinski definition) is 0. The number of hydrogen-bond acceptors (Lipinski definition) is 6. The molecule has 0 unspecified atom stereocenters. The molecule has 10 heteroatoms. The van der Waals surface area contributed by atoms with Gasteiger partial charge in [-0.3, -0.25) is 4.57 Å². The van der Waals surface area contributed by atoms with Crippen LogP contribution in [-0.4, -0.2) is 21.6 Å². The first-order valence-corrected chi connectivity index (χ1v) is 10.6. The van der Waals surface area contributed by atoms with E-state index in [4.69, 9.17) is 14.2 Å². The molecular formula is C25H18F3N3O4. The normalized spacial score (nSPS) is 12.5. The van der Waals surface area contributed by atoms with Gasteiger partial charge >= 0.3 is 11.9 Å². The molecule has 0 N–H and O–H groups in total. The van der Waals surface area contributed by atoms with Crippen molar-refractivity contribution in [1.82, 2.24) is 14.5 Å². The third kappa shape index (κ3) is 4.68. The van der Waals surface area contributed by atoms with Gasteiger partial charge in [-0.1, -0.05) is 0 Å². The van der Waals surface area contributed by atoms with Gasteiger partial charge in [0.2, 0.25) is 11.8 Å². The summed E-state index contributed by atoms with van der Waals surface area (Å²) < 4.78 is 56.2. The molecule has 0 atom stereocenters. The van der Waals surface area contributed by atoms with Crippen molar-refractivity contribution in [3.8, 4) is 40.3 Å². The fraction of sp³-hybridized carbons (Fsp3) is 0.160. The molecule has 0 bridgehead atoms. The van der Waals surface area contributed by atoms with Gasteiger partial charge in [-0.25, -0.2) is 9.78 Å². The van der Waals surface area contributed by atoms with Crippen LogP contribution in [0.3, 0.4) is 0 Å². The predicted molar refractivity (Wildman–Crippen MR) is 120 cm³/mol. The Morgan fingerprint density at radius 2 is 1.57 bits per heavy atom. The zero-order valence-electron chi connectivity index (χ0n) is 18.4. The maximum Gasteiger partial charge on any atom is 0.417 e. The summed E-state index contributed by atoms with van der Waals surface area (Å²) in [6.07, 6.45) is -3.06. The third-order valence-electron chi connectivity index (χ3n) is 5.51. The van der Waals surface area contributed by atoms with Gasteiger partial charge in [0.05, 0.1) is 18.4 Å². The zero-order chi connectivity index (χ0) is 24.6. The van der Waals surface area contributed by atoms with Gasteiger partial charge in [0, 0.05) is 30.4 Å². The average Bonchev–Trinajstić information content (AvgIpc) is 2.84. The Bertz CT molecular complexity index is 1430. The molecule has 2 aromatic heterocycles. The van der Waals surface area contributed by atoms with Gasteiger partial charge in [0.25, 0.3) is 0 Å². The topological polar surface area (TPSA) is 75.5 Å². The molecule has 1 aliphatic rings. The van der Waals surface area contributed by atoms with Crippen molar-refractivity contribution < 1.29 is 27.4 Å². The van der Waals surface area contributed by atoms with Gasteiger partial charge in [-0.05, 0) is 60.5 Å².